The fraction of sp³-hybridized carbons (Fsp3) is 0.136. The number of alkyl halides is 3. The highest BCUT2D eigenvalue weighted by Crippen LogP contribution is 2.27. The Balaban J connectivity index is 1.78. The molecule has 3 rings (SSSR count). The quantitative estimate of drug-likeness (QED) is 0.405. The number of carbonyl (C=O) groups excluding carboxylic acids is 1. The Morgan fingerprint density at radius 3 is 2.35 bits per heavy atom. The first-order valence-corrected chi connectivity index (χ1v) is 11.6. The lowest BCUT2D eigenvalue weighted by Gasteiger charge is -2.14. The van der Waals surface area contributed by atoms with Gasteiger partial charge in [0.1, 0.15) is 18.0 Å². The normalized spacial score (nSPS) is 11.7. The number of nitrogens with one attached hydrogen (secondary N) is 2. The first-order valence-electron chi connectivity index (χ1n) is 9.71. The minimum absolute atomic E-state index is 0.0420. The van der Waals surface area contributed by atoms with Crippen LogP contribution in [-0.2, 0) is 16.6 Å². The van der Waals surface area contributed by atoms with Crippen molar-refractivity contribution >= 4 is 33.2 Å². The lowest BCUT2D eigenvalue weighted by molar-refractivity contribution is -0.123. The molecule has 0 spiro atoms. The van der Waals surface area contributed by atoms with Crippen molar-refractivity contribution in [2.75, 3.05) is 11.3 Å². The van der Waals surface area contributed by atoms with Crippen molar-refractivity contribution in [3.05, 3.63) is 82.9 Å². The second-order valence-electron chi connectivity index (χ2n) is 7.02. The van der Waals surface area contributed by atoms with Gasteiger partial charge in [-0.3, -0.25) is 9.52 Å². The van der Waals surface area contributed by atoms with Crippen molar-refractivity contribution in [3.63, 3.8) is 0 Å². The third-order valence-corrected chi connectivity index (χ3v) is 6.04. The van der Waals surface area contributed by atoms with E-state index in [2.05, 4.69) is 4.72 Å². The highest BCUT2D eigenvalue weighted by molar-refractivity contribution is 7.92. The van der Waals surface area contributed by atoms with Crippen LogP contribution in [0.4, 0.5) is 18.9 Å². The van der Waals surface area contributed by atoms with Gasteiger partial charge in [-0.15, -0.1) is 0 Å². The largest absolute Gasteiger partial charge is 0.457 e. The van der Waals surface area contributed by atoms with Gasteiger partial charge in [0.05, 0.1) is 16.1 Å². The van der Waals surface area contributed by atoms with Crippen LogP contribution in [0.5, 0.6) is 11.5 Å². The van der Waals surface area contributed by atoms with Gasteiger partial charge in [-0.1, -0.05) is 23.7 Å². The van der Waals surface area contributed by atoms with Gasteiger partial charge < -0.3 is 15.8 Å². The highest BCUT2D eigenvalue weighted by Gasteiger charge is 2.29. The predicted octanol–water partition coefficient (Wildman–Crippen LogP) is 4.68. The van der Waals surface area contributed by atoms with E-state index in [4.69, 9.17) is 22.1 Å². The maximum atomic E-state index is 12.8. The second-order valence-corrected chi connectivity index (χ2v) is 9.14. The van der Waals surface area contributed by atoms with Crippen LogP contribution in [0.2, 0.25) is 5.02 Å². The van der Waals surface area contributed by atoms with Crippen LogP contribution in [0.3, 0.4) is 0 Å². The lowest BCUT2D eigenvalue weighted by Crippen LogP contribution is -2.34. The van der Waals surface area contributed by atoms with Crippen molar-refractivity contribution in [1.82, 2.24) is 5.32 Å². The molecule has 12 heteroatoms. The number of rotatable bonds is 8. The molecule has 0 aliphatic heterocycles. The zero-order valence-electron chi connectivity index (χ0n) is 17.4. The van der Waals surface area contributed by atoms with Crippen molar-refractivity contribution in [2.45, 2.75) is 17.6 Å². The Kier molecular flexibility index (Phi) is 7.70. The standard InChI is InChI=1S/C22H19ClF3N3O4S/c23-15-4-9-20(19(11-15)21(30)28-13-22(24,25)26)29-34(31,32)18-7-5-16(6-8-18)33-17-3-1-2-14(10-17)12-27/h1-11,29H,12-13,27H2,(H,28,30). The molecule has 0 radical (unpaired) electrons. The Labute approximate surface area is 198 Å². The van der Waals surface area contributed by atoms with E-state index in [-0.39, 0.29) is 21.2 Å². The van der Waals surface area contributed by atoms with E-state index in [1.807, 2.05) is 6.07 Å². The van der Waals surface area contributed by atoms with E-state index in [1.165, 1.54) is 36.4 Å². The third-order valence-electron chi connectivity index (χ3n) is 4.42. The summed E-state index contributed by atoms with van der Waals surface area (Å²) in [5, 5.41) is 1.73. The number of halogens is 4. The van der Waals surface area contributed by atoms with Gasteiger partial charge in [-0.05, 0) is 60.2 Å². The van der Waals surface area contributed by atoms with Gasteiger partial charge in [0.25, 0.3) is 15.9 Å². The lowest BCUT2D eigenvalue weighted by atomic mass is 10.1. The number of ether oxygens (including phenoxy) is 1. The third kappa shape index (κ3) is 6.86. The predicted molar refractivity (Wildman–Crippen MR) is 121 cm³/mol. The molecule has 0 heterocycles. The minimum Gasteiger partial charge on any atom is -0.457 e. The van der Waals surface area contributed by atoms with Gasteiger partial charge in [-0.25, -0.2) is 8.42 Å². The smallest absolute Gasteiger partial charge is 0.405 e. The van der Waals surface area contributed by atoms with Gasteiger partial charge in [0, 0.05) is 11.6 Å². The molecular formula is C22H19ClF3N3O4S. The molecule has 3 aromatic rings. The zero-order chi connectivity index (χ0) is 24.9. The molecule has 0 aliphatic carbocycles. The first kappa shape index (κ1) is 25.3. The maximum absolute atomic E-state index is 12.8. The Hall–Kier alpha value is -3.28. The molecule has 0 atom stereocenters. The number of carbonyl (C=O) groups is 1. The number of nitrogens with two attached hydrogens (primary N) is 1. The molecule has 1 amide bonds. The fourth-order valence-corrected chi connectivity index (χ4v) is 4.08. The Morgan fingerprint density at radius 2 is 1.71 bits per heavy atom. The van der Waals surface area contributed by atoms with Crippen LogP contribution >= 0.6 is 11.6 Å². The van der Waals surface area contributed by atoms with Crippen molar-refractivity contribution in [2.24, 2.45) is 5.73 Å². The molecule has 0 unspecified atom stereocenters. The van der Waals surface area contributed by atoms with Gasteiger partial charge in [0.2, 0.25) is 0 Å². The SMILES string of the molecule is NCc1cccc(Oc2ccc(S(=O)(=O)Nc3ccc(Cl)cc3C(=O)NCC(F)(F)F)cc2)c1. The average Bonchev–Trinajstić information content (AvgIpc) is 2.78. The monoisotopic (exact) mass is 513 g/mol. The maximum Gasteiger partial charge on any atom is 0.405 e. The summed E-state index contributed by atoms with van der Waals surface area (Å²) in [5.74, 6) is -0.250. The molecular weight excluding hydrogens is 495 g/mol. The molecule has 180 valence electrons. The summed E-state index contributed by atoms with van der Waals surface area (Å²) >= 11 is 5.84. The molecule has 0 aliphatic rings. The van der Waals surface area contributed by atoms with Crippen LogP contribution < -0.4 is 20.5 Å². The van der Waals surface area contributed by atoms with Crippen LogP contribution in [0.25, 0.3) is 0 Å². The van der Waals surface area contributed by atoms with Crippen LogP contribution in [-0.4, -0.2) is 27.0 Å². The fourth-order valence-electron chi connectivity index (χ4n) is 2.83. The summed E-state index contributed by atoms with van der Waals surface area (Å²) in [4.78, 5) is 12.1. The molecule has 4 N–H and O–H groups in total. The number of sulfonamides is 1. The molecule has 34 heavy (non-hydrogen) atoms. The van der Waals surface area contributed by atoms with Crippen LogP contribution in [0.15, 0.2) is 71.6 Å². The summed E-state index contributed by atoms with van der Waals surface area (Å²) in [6, 6.07) is 16.1. The molecule has 7 nitrogen and oxygen atoms in total. The van der Waals surface area contributed by atoms with E-state index >= 15 is 0 Å². The van der Waals surface area contributed by atoms with Crippen molar-refractivity contribution < 1.29 is 31.1 Å². The molecule has 0 bridgehead atoms. The highest BCUT2D eigenvalue weighted by atomic mass is 35.5. The first-order chi connectivity index (χ1) is 16.0. The van der Waals surface area contributed by atoms with Crippen LogP contribution in [0, 0.1) is 0 Å². The Bertz CT molecular complexity index is 1280. The van der Waals surface area contributed by atoms with Gasteiger partial charge in [0.15, 0.2) is 0 Å². The Morgan fingerprint density at radius 1 is 1.00 bits per heavy atom. The minimum atomic E-state index is -4.64. The number of hydrogen-bond donors (Lipinski definition) is 3. The molecule has 0 saturated carbocycles. The number of anilines is 1. The summed E-state index contributed by atoms with van der Waals surface area (Å²) in [5.41, 5.74) is 5.87. The van der Waals surface area contributed by atoms with E-state index in [9.17, 15) is 26.4 Å². The van der Waals surface area contributed by atoms with E-state index in [1.54, 1.807) is 23.5 Å². The van der Waals surface area contributed by atoms with E-state index < -0.39 is 28.7 Å². The summed E-state index contributed by atoms with van der Waals surface area (Å²) < 4.78 is 70.9. The van der Waals surface area contributed by atoms with E-state index in [0.717, 1.165) is 11.6 Å². The number of benzene rings is 3. The second kappa shape index (κ2) is 10.3. The topological polar surface area (TPSA) is 111 Å². The molecule has 0 aromatic heterocycles. The number of hydrogen-bond acceptors (Lipinski definition) is 5. The zero-order valence-corrected chi connectivity index (χ0v) is 19.0. The summed E-state index contributed by atoms with van der Waals surface area (Å²) in [7, 11) is -4.19. The van der Waals surface area contributed by atoms with Gasteiger partial charge >= 0.3 is 6.18 Å². The molecule has 3 aromatic carbocycles. The number of amides is 1. The molecule has 0 saturated heterocycles. The molecule has 0 fully saturated rings. The van der Waals surface area contributed by atoms with Crippen LogP contribution in [0.1, 0.15) is 15.9 Å². The summed E-state index contributed by atoms with van der Waals surface area (Å²) in [6.45, 7) is -1.25. The summed E-state index contributed by atoms with van der Waals surface area (Å²) in [6.07, 6.45) is -4.64. The van der Waals surface area contributed by atoms with Gasteiger partial charge in [-0.2, -0.15) is 13.2 Å². The van der Waals surface area contributed by atoms with Crippen molar-refractivity contribution in [1.29, 1.82) is 0 Å². The van der Waals surface area contributed by atoms with Crippen molar-refractivity contribution in [3.8, 4) is 11.5 Å². The van der Waals surface area contributed by atoms with E-state index in [0.29, 0.717) is 18.0 Å². The average molecular weight is 514 g/mol.